The summed E-state index contributed by atoms with van der Waals surface area (Å²) >= 11 is 0. The van der Waals surface area contributed by atoms with Gasteiger partial charge in [0.2, 0.25) is 5.88 Å². The molecule has 5 rings (SSSR count). The Labute approximate surface area is 178 Å². The van der Waals surface area contributed by atoms with Crippen molar-refractivity contribution in [3.8, 4) is 5.88 Å². The number of nitrogens with one attached hydrogen (secondary N) is 2. The smallest absolute Gasteiger partial charge is 0.253 e. The van der Waals surface area contributed by atoms with Crippen LogP contribution < -0.4 is 15.2 Å². The number of hydrogen-bond acceptors (Lipinski definition) is 5. The average Bonchev–Trinajstić information content (AvgIpc) is 3.39. The lowest BCUT2D eigenvalue weighted by atomic mass is 9.95. The molecule has 1 aliphatic heterocycles. The highest BCUT2D eigenvalue weighted by Crippen LogP contribution is 2.45. The van der Waals surface area contributed by atoms with E-state index >= 15 is 0 Å². The summed E-state index contributed by atoms with van der Waals surface area (Å²) in [7, 11) is -3.59. The van der Waals surface area contributed by atoms with Crippen LogP contribution >= 0.6 is 0 Å². The highest BCUT2D eigenvalue weighted by Gasteiger charge is 2.49. The number of nitrogens with zero attached hydrogens (tertiary/aromatic N) is 2. The van der Waals surface area contributed by atoms with E-state index in [2.05, 4.69) is 10.4 Å². The Bertz CT molecular complexity index is 1240. The van der Waals surface area contributed by atoms with E-state index in [0.29, 0.717) is 35.2 Å². The van der Waals surface area contributed by atoms with Gasteiger partial charge in [-0.2, -0.15) is 5.10 Å². The molecule has 0 radical (unpaired) electrons. The van der Waals surface area contributed by atoms with Gasteiger partial charge in [-0.3, -0.25) is 4.79 Å². The largest absolute Gasteiger partial charge is 0.468 e. The molecule has 2 aromatic rings. The molecule has 2 heterocycles. The fraction of sp³-hybridized carbons (Fsp3) is 0.500. The molecule has 4 N–H and O–H groups in total. The maximum absolute atomic E-state index is 14.9. The lowest BCUT2D eigenvalue weighted by Crippen LogP contribution is -2.41. The summed E-state index contributed by atoms with van der Waals surface area (Å²) in [5.41, 5.74) is 1.59. The number of ether oxygens (including phenoxy) is 1. The maximum atomic E-state index is 14.9. The van der Waals surface area contributed by atoms with E-state index in [0.717, 1.165) is 12.0 Å². The first-order valence-corrected chi connectivity index (χ1v) is 11.7. The monoisotopic (exact) mass is 451 g/mol. The molecule has 0 fully saturated rings. The Morgan fingerprint density at radius 2 is 2.00 bits per heavy atom. The zero-order chi connectivity index (χ0) is 22.3. The van der Waals surface area contributed by atoms with Crippen molar-refractivity contribution in [3.63, 3.8) is 0 Å². The Balaban J connectivity index is 1.57. The number of fused-ring (bicyclic) bond motifs is 3. The first-order chi connectivity index (χ1) is 14.5. The summed E-state index contributed by atoms with van der Waals surface area (Å²) < 4.78 is 55.9. The van der Waals surface area contributed by atoms with Gasteiger partial charge >= 0.3 is 0 Å². The van der Waals surface area contributed by atoms with Crippen LogP contribution in [-0.4, -0.2) is 31.7 Å². The van der Waals surface area contributed by atoms with Gasteiger partial charge in [0.15, 0.2) is 6.04 Å². The lowest BCUT2D eigenvalue weighted by Gasteiger charge is -2.26. The number of benzene rings is 1. The molecule has 1 amide bonds. The third kappa shape index (κ3) is 2.97. The lowest BCUT2D eigenvalue weighted by molar-refractivity contribution is -0.122. The van der Waals surface area contributed by atoms with E-state index in [4.69, 9.17) is 14.7 Å². The van der Waals surface area contributed by atoms with Crippen molar-refractivity contribution in [3.05, 3.63) is 34.3 Å². The summed E-state index contributed by atoms with van der Waals surface area (Å²) in [4.78, 5) is 13.3. The number of aromatic nitrogens is 2. The van der Waals surface area contributed by atoms with Crippen molar-refractivity contribution in [1.29, 1.82) is 4.78 Å². The molecule has 0 spiro atoms. The highest BCUT2D eigenvalue weighted by atomic mass is 32.2. The van der Waals surface area contributed by atoms with Crippen LogP contribution in [0.1, 0.15) is 48.6 Å². The molecule has 2 unspecified atom stereocenters. The number of nitrogens with two attached hydrogens (primary N) is 1. The second-order valence-electron chi connectivity index (χ2n) is 8.92. The number of amides is 1. The fourth-order valence-electron chi connectivity index (χ4n) is 5.06. The number of carbonyl (C=O) groups is 1. The minimum Gasteiger partial charge on any atom is -0.468 e. The Morgan fingerprint density at radius 3 is 2.71 bits per heavy atom. The number of anilines is 1. The molecule has 1 aromatic heterocycles. The van der Waals surface area contributed by atoms with Crippen LogP contribution in [0.5, 0.6) is 5.88 Å². The standard InChI is InChI=1S/C20H23F2N5O3S/c1-20(2)17(27-19(30-20)14(8-25-27)31(23,24)29)18(28)26-16-11-5-3-4-10(11)15(22)12-6-9(21)7-13(12)16/h8-9,17H,3-7H2,1-2H3,(H,26,28)(H3,23,24,29)/t9-,17?/m0/s1. The van der Waals surface area contributed by atoms with E-state index < -0.39 is 33.6 Å². The summed E-state index contributed by atoms with van der Waals surface area (Å²) in [5.74, 6) is -0.777. The maximum Gasteiger partial charge on any atom is 0.253 e. The van der Waals surface area contributed by atoms with E-state index in [1.807, 2.05) is 0 Å². The predicted molar refractivity (Wildman–Crippen MR) is 109 cm³/mol. The number of rotatable bonds is 3. The molecular weight excluding hydrogens is 428 g/mol. The van der Waals surface area contributed by atoms with Crippen LogP contribution in [0.15, 0.2) is 11.1 Å². The van der Waals surface area contributed by atoms with Crippen LogP contribution in [-0.2, 0) is 40.4 Å². The van der Waals surface area contributed by atoms with Gasteiger partial charge in [0, 0.05) is 18.5 Å². The quantitative estimate of drug-likeness (QED) is 0.664. The minimum absolute atomic E-state index is 0.0103. The number of hydrogen-bond donors (Lipinski definition) is 3. The van der Waals surface area contributed by atoms with Crippen LogP contribution in [0.2, 0.25) is 0 Å². The van der Waals surface area contributed by atoms with Gasteiger partial charge in [-0.05, 0) is 55.4 Å². The first kappa shape index (κ1) is 20.4. The molecule has 1 aromatic carbocycles. The fourth-order valence-corrected chi connectivity index (χ4v) is 5.65. The van der Waals surface area contributed by atoms with Crippen molar-refractivity contribution in [2.24, 2.45) is 5.14 Å². The van der Waals surface area contributed by atoms with Crippen LogP contribution in [0.25, 0.3) is 0 Å². The topological polar surface area (TPSA) is 123 Å². The third-order valence-corrected chi connectivity index (χ3v) is 7.30. The van der Waals surface area contributed by atoms with E-state index in [-0.39, 0.29) is 29.4 Å². The molecule has 31 heavy (non-hydrogen) atoms. The van der Waals surface area contributed by atoms with Gasteiger partial charge in [0.1, 0.15) is 32.4 Å². The van der Waals surface area contributed by atoms with Gasteiger partial charge in [-0.15, -0.1) is 0 Å². The zero-order valence-electron chi connectivity index (χ0n) is 17.1. The van der Waals surface area contributed by atoms with Crippen molar-refractivity contribution in [1.82, 2.24) is 9.78 Å². The Kier molecular flexibility index (Phi) is 4.26. The number of halogens is 2. The van der Waals surface area contributed by atoms with Crippen LogP contribution in [0, 0.1) is 10.6 Å². The molecule has 11 heteroatoms. The molecule has 2 aliphatic carbocycles. The summed E-state index contributed by atoms with van der Waals surface area (Å²) in [6.07, 6.45) is 2.01. The Morgan fingerprint density at radius 1 is 1.32 bits per heavy atom. The van der Waals surface area contributed by atoms with Gasteiger partial charge in [-0.25, -0.2) is 27.6 Å². The van der Waals surface area contributed by atoms with Crippen molar-refractivity contribution < 1.29 is 22.5 Å². The van der Waals surface area contributed by atoms with Crippen molar-refractivity contribution in [2.75, 3.05) is 5.32 Å². The van der Waals surface area contributed by atoms with E-state index in [1.165, 1.54) is 10.9 Å². The molecular formula is C20H23F2N5O3S. The highest BCUT2D eigenvalue weighted by molar-refractivity contribution is 7.90. The van der Waals surface area contributed by atoms with Crippen molar-refractivity contribution >= 4 is 21.5 Å². The molecule has 8 nitrogen and oxygen atoms in total. The predicted octanol–water partition coefficient (Wildman–Crippen LogP) is 2.58. The average molecular weight is 451 g/mol. The van der Waals surface area contributed by atoms with Crippen LogP contribution in [0.4, 0.5) is 14.5 Å². The normalized spacial score (nSPS) is 24.8. The van der Waals surface area contributed by atoms with Gasteiger partial charge in [0.05, 0.1) is 6.20 Å². The third-order valence-electron chi connectivity index (χ3n) is 6.37. The molecule has 0 saturated heterocycles. The molecule has 3 atom stereocenters. The Hall–Kier alpha value is -2.53. The first-order valence-electron chi connectivity index (χ1n) is 10.1. The van der Waals surface area contributed by atoms with Crippen LogP contribution in [0.3, 0.4) is 0 Å². The minimum atomic E-state index is -3.59. The second-order valence-corrected chi connectivity index (χ2v) is 10.6. The van der Waals surface area contributed by atoms with Gasteiger partial charge in [-0.1, -0.05) is 0 Å². The summed E-state index contributed by atoms with van der Waals surface area (Å²) in [6, 6.07) is -0.946. The number of carbonyl (C=O) groups excluding carboxylic acids is 1. The van der Waals surface area contributed by atoms with E-state index in [9.17, 15) is 17.8 Å². The summed E-state index contributed by atoms with van der Waals surface area (Å²) in [5, 5.41) is 12.5. The second kappa shape index (κ2) is 6.49. The number of alkyl halides is 1. The van der Waals surface area contributed by atoms with E-state index in [1.54, 1.807) is 13.8 Å². The van der Waals surface area contributed by atoms with Gasteiger partial charge < -0.3 is 10.1 Å². The molecule has 0 saturated carbocycles. The SMILES string of the molecule is CC1(C)Oc2c(S(=N)(N)=O)cnn2C1C(=O)Nc1c2c(c(F)c3c1C[C@@H](F)C3)CCC2. The molecule has 0 bridgehead atoms. The molecule has 166 valence electrons. The van der Waals surface area contributed by atoms with Crippen molar-refractivity contribution in [2.45, 2.75) is 68.7 Å². The van der Waals surface area contributed by atoms with Gasteiger partial charge in [0.25, 0.3) is 5.91 Å². The summed E-state index contributed by atoms with van der Waals surface area (Å²) in [6.45, 7) is 3.35. The zero-order valence-corrected chi connectivity index (χ0v) is 17.9. The molecule has 3 aliphatic rings.